The van der Waals surface area contributed by atoms with Gasteiger partial charge in [0.1, 0.15) is 0 Å². The lowest BCUT2D eigenvalue weighted by atomic mass is 10.1. The number of nitro benzene ring substituents is 1. The van der Waals surface area contributed by atoms with E-state index in [9.17, 15) is 14.9 Å². The number of ketones is 1. The van der Waals surface area contributed by atoms with E-state index in [2.05, 4.69) is 23.8 Å². The van der Waals surface area contributed by atoms with Gasteiger partial charge in [-0.05, 0) is 39.1 Å². The molecule has 0 spiro atoms. The van der Waals surface area contributed by atoms with Crippen LogP contribution in [0.1, 0.15) is 23.7 Å². The van der Waals surface area contributed by atoms with Gasteiger partial charge in [0.25, 0.3) is 5.69 Å². The van der Waals surface area contributed by atoms with Gasteiger partial charge in [0, 0.05) is 36.8 Å². The summed E-state index contributed by atoms with van der Waals surface area (Å²) in [6, 6.07) is 6.17. The Hall–Kier alpha value is -1.79. The number of nitro groups is 1. The first-order chi connectivity index (χ1) is 9.97. The molecule has 1 heterocycles. The fourth-order valence-corrected chi connectivity index (χ4v) is 2.70. The number of hydrogen-bond donors (Lipinski definition) is 0. The van der Waals surface area contributed by atoms with Crippen LogP contribution in [0.15, 0.2) is 24.3 Å². The van der Waals surface area contributed by atoms with Crippen molar-refractivity contribution < 1.29 is 9.72 Å². The van der Waals surface area contributed by atoms with Crippen molar-refractivity contribution in [2.45, 2.75) is 19.4 Å². The molecule has 1 atom stereocenters. The van der Waals surface area contributed by atoms with Crippen LogP contribution < -0.4 is 0 Å². The molecule has 114 valence electrons. The molecule has 1 fully saturated rings. The van der Waals surface area contributed by atoms with E-state index in [1.165, 1.54) is 24.3 Å². The quantitative estimate of drug-likeness (QED) is 0.481. The van der Waals surface area contributed by atoms with E-state index >= 15 is 0 Å². The number of carbonyl (C=O) groups excluding carboxylic acids is 1. The van der Waals surface area contributed by atoms with Gasteiger partial charge in [0.2, 0.25) is 0 Å². The number of benzene rings is 1. The lowest BCUT2D eigenvalue weighted by Gasteiger charge is -2.27. The van der Waals surface area contributed by atoms with Gasteiger partial charge < -0.3 is 4.90 Å². The molecule has 1 unspecified atom stereocenters. The highest BCUT2D eigenvalue weighted by atomic mass is 16.6. The Labute approximate surface area is 124 Å². The largest absolute Gasteiger partial charge is 0.305 e. The molecule has 1 saturated heterocycles. The predicted molar refractivity (Wildman–Crippen MR) is 80.6 cm³/mol. The summed E-state index contributed by atoms with van der Waals surface area (Å²) >= 11 is 0. The van der Waals surface area contributed by atoms with E-state index < -0.39 is 4.92 Å². The highest BCUT2D eigenvalue weighted by Crippen LogP contribution is 2.14. The molecular formula is C15H21N3O3. The molecule has 0 aliphatic carbocycles. The van der Waals surface area contributed by atoms with Crippen molar-refractivity contribution in [3.8, 4) is 0 Å². The minimum absolute atomic E-state index is 0.0105. The van der Waals surface area contributed by atoms with Gasteiger partial charge in [-0.2, -0.15) is 0 Å². The highest BCUT2D eigenvalue weighted by molar-refractivity contribution is 5.97. The van der Waals surface area contributed by atoms with Gasteiger partial charge in [0.15, 0.2) is 5.78 Å². The zero-order chi connectivity index (χ0) is 15.4. The molecule has 0 aromatic heterocycles. The number of Topliss-reactive ketones (excluding diaryl/α,β-unsaturated/α-hetero) is 1. The molecule has 1 aromatic rings. The summed E-state index contributed by atoms with van der Waals surface area (Å²) < 4.78 is 0. The number of non-ortho nitro benzene ring substituents is 1. The Morgan fingerprint density at radius 2 is 2.00 bits per heavy atom. The van der Waals surface area contributed by atoms with Gasteiger partial charge >= 0.3 is 0 Å². The summed E-state index contributed by atoms with van der Waals surface area (Å²) in [4.78, 5) is 26.9. The third-order valence-electron chi connectivity index (χ3n) is 3.93. The first kappa shape index (κ1) is 15.6. The van der Waals surface area contributed by atoms with Crippen LogP contribution in [-0.4, -0.2) is 59.8 Å². The smallest absolute Gasteiger partial charge is 0.269 e. The van der Waals surface area contributed by atoms with E-state index in [0.717, 1.165) is 26.1 Å². The molecule has 1 aliphatic heterocycles. The third-order valence-corrected chi connectivity index (χ3v) is 3.93. The molecule has 0 amide bonds. The van der Waals surface area contributed by atoms with Gasteiger partial charge in [-0.25, -0.2) is 0 Å². The molecule has 0 saturated carbocycles. The Morgan fingerprint density at radius 3 is 2.62 bits per heavy atom. The zero-order valence-corrected chi connectivity index (χ0v) is 12.5. The van der Waals surface area contributed by atoms with E-state index in [1.807, 2.05) is 0 Å². The minimum Gasteiger partial charge on any atom is -0.305 e. The summed E-state index contributed by atoms with van der Waals surface area (Å²) in [6.07, 6.45) is 1.05. The standard InChI is InChI=1S/C15H21N3O3/c1-12-10-16(2)8-3-9-17(12)11-15(19)13-4-6-14(7-5-13)18(20)21/h4-7,12H,3,8-11H2,1-2H3. The van der Waals surface area contributed by atoms with E-state index in [1.54, 1.807) is 0 Å². The molecular weight excluding hydrogens is 270 g/mol. The molecule has 21 heavy (non-hydrogen) atoms. The van der Waals surface area contributed by atoms with E-state index in [-0.39, 0.29) is 11.5 Å². The van der Waals surface area contributed by atoms with Crippen LogP contribution in [0.2, 0.25) is 0 Å². The van der Waals surface area contributed by atoms with Gasteiger partial charge in [-0.3, -0.25) is 19.8 Å². The van der Waals surface area contributed by atoms with Gasteiger partial charge in [-0.15, -0.1) is 0 Å². The number of hydrogen-bond acceptors (Lipinski definition) is 5. The van der Waals surface area contributed by atoms with Crippen molar-refractivity contribution in [1.29, 1.82) is 0 Å². The first-order valence-corrected chi connectivity index (χ1v) is 7.17. The molecule has 0 bridgehead atoms. The van der Waals surface area contributed by atoms with Crippen LogP contribution in [0.25, 0.3) is 0 Å². The normalized spacial score (nSPS) is 21.0. The maximum absolute atomic E-state index is 12.3. The van der Waals surface area contributed by atoms with Crippen LogP contribution in [0.4, 0.5) is 5.69 Å². The van der Waals surface area contributed by atoms with Crippen LogP contribution in [0, 0.1) is 10.1 Å². The van der Waals surface area contributed by atoms with Crippen LogP contribution in [0.5, 0.6) is 0 Å². The second-order valence-corrected chi connectivity index (χ2v) is 5.66. The summed E-state index contributed by atoms with van der Waals surface area (Å²) in [5, 5.41) is 10.6. The van der Waals surface area contributed by atoms with E-state index in [4.69, 9.17) is 0 Å². The van der Waals surface area contributed by atoms with Crippen molar-refractivity contribution in [3.63, 3.8) is 0 Å². The topological polar surface area (TPSA) is 66.7 Å². The lowest BCUT2D eigenvalue weighted by Crippen LogP contribution is -2.40. The second-order valence-electron chi connectivity index (χ2n) is 5.66. The summed E-state index contributed by atoms with van der Waals surface area (Å²) in [5.74, 6) is 0.0151. The van der Waals surface area contributed by atoms with Crippen LogP contribution in [0.3, 0.4) is 0 Å². The van der Waals surface area contributed by atoms with Crippen molar-refractivity contribution in [2.75, 3.05) is 33.2 Å². The fraction of sp³-hybridized carbons (Fsp3) is 0.533. The van der Waals surface area contributed by atoms with Crippen LogP contribution in [-0.2, 0) is 0 Å². The Balaban J connectivity index is 2.01. The average Bonchev–Trinajstić information content (AvgIpc) is 2.60. The Kier molecular flexibility index (Phi) is 5.03. The molecule has 0 N–H and O–H groups in total. The average molecular weight is 291 g/mol. The van der Waals surface area contributed by atoms with Gasteiger partial charge in [-0.1, -0.05) is 0 Å². The number of rotatable bonds is 4. The summed E-state index contributed by atoms with van der Waals surface area (Å²) in [6.45, 7) is 5.40. The van der Waals surface area contributed by atoms with Crippen molar-refractivity contribution >= 4 is 11.5 Å². The van der Waals surface area contributed by atoms with Crippen molar-refractivity contribution in [2.24, 2.45) is 0 Å². The monoisotopic (exact) mass is 291 g/mol. The highest BCUT2D eigenvalue weighted by Gasteiger charge is 2.22. The Bertz CT molecular complexity index is 515. The molecule has 1 aromatic carbocycles. The summed E-state index contributed by atoms with van der Waals surface area (Å²) in [7, 11) is 2.10. The Morgan fingerprint density at radius 1 is 1.33 bits per heavy atom. The first-order valence-electron chi connectivity index (χ1n) is 7.17. The minimum atomic E-state index is -0.457. The lowest BCUT2D eigenvalue weighted by molar-refractivity contribution is -0.384. The SMILES string of the molecule is CC1CN(C)CCCN1CC(=O)c1ccc([N+](=O)[O-])cc1. The molecule has 0 radical (unpaired) electrons. The van der Waals surface area contributed by atoms with Crippen molar-refractivity contribution in [1.82, 2.24) is 9.80 Å². The maximum Gasteiger partial charge on any atom is 0.269 e. The van der Waals surface area contributed by atoms with Crippen molar-refractivity contribution in [3.05, 3.63) is 39.9 Å². The number of carbonyl (C=O) groups is 1. The molecule has 1 aliphatic rings. The molecule has 2 rings (SSSR count). The van der Waals surface area contributed by atoms with E-state index in [0.29, 0.717) is 18.2 Å². The molecule has 6 nitrogen and oxygen atoms in total. The summed E-state index contributed by atoms with van der Waals surface area (Å²) in [5.41, 5.74) is 0.543. The zero-order valence-electron chi connectivity index (χ0n) is 12.5. The second kappa shape index (κ2) is 6.78. The van der Waals surface area contributed by atoms with Gasteiger partial charge in [0.05, 0.1) is 11.5 Å². The molecule has 6 heteroatoms. The number of nitrogens with zero attached hydrogens (tertiary/aromatic N) is 3. The fourth-order valence-electron chi connectivity index (χ4n) is 2.70. The number of likely N-dealkylation sites (N-methyl/N-ethyl adjacent to an activating group) is 1. The van der Waals surface area contributed by atoms with Crippen LogP contribution >= 0.6 is 0 Å². The predicted octanol–water partition coefficient (Wildman–Crippen LogP) is 1.80. The third kappa shape index (κ3) is 4.09. The maximum atomic E-state index is 12.3.